The van der Waals surface area contributed by atoms with E-state index in [1.807, 2.05) is 125 Å². The minimum absolute atomic E-state index is 0.109. The Morgan fingerprint density at radius 1 is 0.488 bits per heavy atom. The fourth-order valence-electron chi connectivity index (χ4n) is 6.34. The van der Waals surface area contributed by atoms with Crippen LogP contribution in [-0.2, 0) is 27.2 Å². The predicted molar refractivity (Wildman–Crippen MR) is 170 cm³/mol. The monoisotopic (exact) mass is 616 g/mol. The molecule has 8 heteroatoms. The molecule has 0 amide bonds. The van der Waals surface area contributed by atoms with Gasteiger partial charge in [-0.05, 0) is 72.2 Å². The van der Waals surface area contributed by atoms with Crippen LogP contribution in [0.4, 0.5) is 0 Å². The van der Waals surface area contributed by atoms with E-state index in [1.54, 1.807) is 0 Å². The van der Waals surface area contributed by atoms with Gasteiger partial charge < -0.3 is 18.1 Å². The van der Waals surface area contributed by atoms with Crippen LogP contribution in [0, 0.1) is 33.1 Å². The highest BCUT2D eigenvalue weighted by Crippen LogP contribution is 2.71. The molecule has 1 spiro atoms. The molecule has 0 N–H and O–H groups in total. The number of aryl methyl sites for hydroxylation is 4. The lowest BCUT2D eigenvalue weighted by atomic mass is 9.91. The van der Waals surface area contributed by atoms with E-state index in [4.69, 9.17) is 18.1 Å². The molecule has 2 heterocycles. The van der Waals surface area contributed by atoms with Crippen LogP contribution < -0.4 is 0 Å². The Morgan fingerprint density at radius 3 is 1.16 bits per heavy atom. The van der Waals surface area contributed by atoms with Crippen LogP contribution in [0.15, 0.2) is 97.1 Å². The van der Waals surface area contributed by atoms with E-state index >= 15 is 0 Å². The molecule has 0 saturated carbocycles. The third kappa shape index (κ3) is 5.73. The van der Waals surface area contributed by atoms with Crippen molar-refractivity contribution in [1.29, 1.82) is 0 Å². The van der Waals surface area contributed by atoms with Crippen molar-refractivity contribution in [2.45, 2.75) is 39.0 Å². The minimum atomic E-state index is -3.69. The van der Waals surface area contributed by atoms with Gasteiger partial charge in [0.05, 0.1) is 31.8 Å². The largest absolute Gasteiger partial charge is 0.342 e. The molecule has 224 valence electrons. The summed E-state index contributed by atoms with van der Waals surface area (Å²) in [6.07, 6.45) is 0. The van der Waals surface area contributed by atoms with Crippen LogP contribution in [0.2, 0.25) is 0 Å². The van der Waals surface area contributed by atoms with Gasteiger partial charge >= 0.3 is 15.2 Å². The first-order chi connectivity index (χ1) is 20.6. The highest BCUT2D eigenvalue weighted by atomic mass is 31.2. The summed E-state index contributed by atoms with van der Waals surface area (Å²) in [5, 5.41) is 0. The summed E-state index contributed by atoms with van der Waals surface area (Å²) in [5.41, 5.74) is 5.92. The van der Waals surface area contributed by atoms with Gasteiger partial charge in [-0.15, -0.1) is 0 Å². The van der Waals surface area contributed by atoms with E-state index in [0.717, 1.165) is 44.5 Å². The van der Waals surface area contributed by atoms with Gasteiger partial charge in [0, 0.05) is 0 Å². The standard InChI is InChI=1S/C35H38O6P2/c1-25-13-11-14-26(2)31(25)34(32-27(3)15-12-16-28(32)4)43(37)40-23-35(24-41-43)21-38-42(36,39-22-35)33(29-17-7-5-8-18-29)30-19-9-6-10-20-30/h5-20,33-34H,21-24H2,1-4H3. The molecule has 2 saturated heterocycles. The first-order valence-corrected chi connectivity index (χ1v) is 17.9. The Morgan fingerprint density at radius 2 is 0.814 bits per heavy atom. The average Bonchev–Trinajstić information content (AvgIpc) is 3.00. The second kappa shape index (κ2) is 11.9. The number of hydrogen-bond acceptors (Lipinski definition) is 6. The molecule has 4 aromatic rings. The summed E-state index contributed by atoms with van der Waals surface area (Å²) in [7, 11) is -7.31. The molecule has 0 bridgehead atoms. The summed E-state index contributed by atoms with van der Waals surface area (Å²) in [4.78, 5) is 0. The molecule has 6 nitrogen and oxygen atoms in total. The topological polar surface area (TPSA) is 71.1 Å². The summed E-state index contributed by atoms with van der Waals surface area (Å²) in [6, 6.07) is 31.5. The summed E-state index contributed by atoms with van der Waals surface area (Å²) >= 11 is 0. The number of hydrogen-bond donors (Lipinski definition) is 0. The average molecular weight is 617 g/mol. The summed E-state index contributed by atoms with van der Waals surface area (Å²) < 4.78 is 54.2. The molecule has 2 aliphatic heterocycles. The first-order valence-electron chi connectivity index (χ1n) is 14.6. The van der Waals surface area contributed by atoms with Gasteiger partial charge in [-0.3, -0.25) is 9.13 Å². The molecule has 0 aromatic heterocycles. The summed E-state index contributed by atoms with van der Waals surface area (Å²) in [5.74, 6) is 0. The zero-order valence-corrected chi connectivity index (χ0v) is 26.9. The molecular weight excluding hydrogens is 578 g/mol. The maximum Gasteiger partial charge on any atom is 0.342 e. The molecule has 6 rings (SSSR count). The number of rotatable bonds is 6. The van der Waals surface area contributed by atoms with E-state index in [0.29, 0.717) is 0 Å². The van der Waals surface area contributed by atoms with E-state index in [2.05, 4.69) is 0 Å². The minimum Gasteiger partial charge on any atom is -0.307 e. The van der Waals surface area contributed by atoms with E-state index in [1.165, 1.54) is 0 Å². The molecule has 0 radical (unpaired) electrons. The van der Waals surface area contributed by atoms with Crippen molar-refractivity contribution < 1.29 is 27.2 Å². The zero-order valence-electron chi connectivity index (χ0n) is 25.1. The highest BCUT2D eigenvalue weighted by Gasteiger charge is 2.54. The van der Waals surface area contributed by atoms with Crippen LogP contribution in [0.25, 0.3) is 0 Å². The summed E-state index contributed by atoms with van der Waals surface area (Å²) in [6.45, 7) is 8.59. The third-order valence-corrected chi connectivity index (χ3v) is 13.0. The smallest absolute Gasteiger partial charge is 0.307 e. The van der Waals surface area contributed by atoms with E-state index < -0.39 is 31.9 Å². The van der Waals surface area contributed by atoms with Crippen molar-refractivity contribution in [2.75, 3.05) is 26.4 Å². The van der Waals surface area contributed by atoms with Gasteiger partial charge in [-0.25, -0.2) is 0 Å². The van der Waals surface area contributed by atoms with Crippen molar-refractivity contribution >= 4 is 15.2 Å². The van der Waals surface area contributed by atoms with Crippen molar-refractivity contribution in [3.63, 3.8) is 0 Å². The normalized spacial score (nSPS) is 25.8. The number of benzene rings is 4. The lowest BCUT2D eigenvalue weighted by molar-refractivity contribution is -0.0703. The van der Waals surface area contributed by atoms with Gasteiger partial charge in [-0.1, -0.05) is 97.1 Å². The lowest BCUT2D eigenvalue weighted by Gasteiger charge is -2.45. The fraction of sp³-hybridized carbons (Fsp3) is 0.314. The Hall–Kier alpha value is -2.82. The second-order valence-corrected chi connectivity index (χ2v) is 16.1. The molecule has 0 aliphatic carbocycles. The van der Waals surface area contributed by atoms with E-state index in [9.17, 15) is 9.13 Å². The Kier molecular flexibility index (Phi) is 8.39. The Bertz CT molecular complexity index is 1550. The zero-order chi connectivity index (χ0) is 30.2. The van der Waals surface area contributed by atoms with Gasteiger partial charge in [0.25, 0.3) is 0 Å². The quantitative estimate of drug-likeness (QED) is 0.201. The highest BCUT2D eigenvalue weighted by molar-refractivity contribution is 7.55. The lowest BCUT2D eigenvalue weighted by Crippen LogP contribution is -2.46. The third-order valence-electron chi connectivity index (χ3n) is 8.70. The fourth-order valence-corrected chi connectivity index (χ4v) is 11.4. The Balaban J connectivity index is 1.28. The van der Waals surface area contributed by atoms with Crippen molar-refractivity contribution in [3.05, 3.63) is 142 Å². The van der Waals surface area contributed by atoms with Crippen LogP contribution in [0.5, 0.6) is 0 Å². The predicted octanol–water partition coefficient (Wildman–Crippen LogP) is 9.27. The Labute approximate surface area is 254 Å². The van der Waals surface area contributed by atoms with Crippen LogP contribution in [-0.4, -0.2) is 26.4 Å². The molecule has 2 fully saturated rings. The van der Waals surface area contributed by atoms with Gasteiger partial charge in [0.15, 0.2) is 0 Å². The van der Waals surface area contributed by atoms with Crippen LogP contribution in [0.1, 0.15) is 55.8 Å². The van der Waals surface area contributed by atoms with Crippen LogP contribution in [0.3, 0.4) is 0 Å². The van der Waals surface area contributed by atoms with Gasteiger partial charge in [0.1, 0.15) is 11.3 Å². The maximum absolute atomic E-state index is 14.8. The first kappa shape index (κ1) is 30.2. The maximum atomic E-state index is 14.8. The van der Waals surface area contributed by atoms with Crippen molar-refractivity contribution in [2.24, 2.45) is 5.41 Å². The molecule has 2 aliphatic rings. The van der Waals surface area contributed by atoms with Crippen molar-refractivity contribution in [3.8, 4) is 0 Å². The van der Waals surface area contributed by atoms with Gasteiger partial charge in [0.2, 0.25) is 0 Å². The molecular formula is C35H38O6P2. The van der Waals surface area contributed by atoms with Crippen molar-refractivity contribution in [1.82, 2.24) is 0 Å². The van der Waals surface area contributed by atoms with Crippen LogP contribution >= 0.6 is 15.2 Å². The molecule has 0 unspecified atom stereocenters. The molecule has 43 heavy (non-hydrogen) atoms. The SMILES string of the molecule is Cc1cccc(C)c1C(c1c(C)cccc1C)P1(=O)OCC2(COP(=O)(C(c3ccccc3)c3ccccc3)OC2)CO1. The molecule has 4 aromatic carbocycles. The van der Waals surface area contributed by atoms with E-state index in [-0.39, 0.29) is 26.4 Å². The van der Waals surface area contributed by atoms with Gasteiger partial charge in [-0.2, -0.15) is 0 Å². The molecule has 0 atom stereocenters. The second-order valence-electron chi connectivity index (χ2n) is 11.9.